The number of anilines is 2. The van der Waals surface area contributed by atoms with Gasteiger partial charge in [0, 0.05) is 25.3 Å². The van der Waals surface area contributed by atoms with E-state index in [1.807, 2.05) is 0 Å². The van der Waals surface area contributed by atoms with Gasteiger partial charge >= 0.3 is 6.01 Å². The van der Waals surface area contributed by atoms with E-state index in [1.54, 1.807) is 12.0 Å². The number of fused-ring (bicyclic) bond motifs is 1. The van der Waals surface area contributed by atoms with Crippen LogP contribution in [0.4, 0.5) is 11.6 Å². The van der Waals surface area contributed by atoms with Crippen LogP contribution in [0, 0.1) is 0 Å². The molecule has 0 spiro atoms. The first-order valence-corrected chi connectivity index (χ1v) is 11.4. The molecule has 8 nitrogen and oxygen atoms in total. The first-order chi connectivity index (χ1) is 15.5. The predicted octanol–water partition coefficient (Wildman–Crippen LogP) is 2.94. The zero-order chi connectivity index (χ0) is 22.5. The van der Waals surface area contributed by atoms with Crippen molar-refractivity contribution in [2.45, 2.75) is 57.7 Å². The number of rotatable bonds is 9. The van der Waals surface area contributed by atoms with Gasteiger partial charge in [0.05, 0.1) is 19.6 Å². The highest BCUT2D eigenvalue weighted by molar-refractivity contribution is 6.01. The van der Waals surface area contributed by atoms with Gasteiger partial charge in [0.25, 0.3) is 0 Å². The van der Waals surface area contributed by atoms with Gasteiger partial charge in [-0.3, -0.25) is 14.6 Å². The standard InChI is InChI=1S/C24H33N5O3/c1-28(19-6-4-3-5-7-19)15-17-8-10-18(11-9-17)16-29-21(30)14-20-22(25)26-24(27-23(20)29)32-13-12-31-2/h8-11,19H,3-7,12-16H2,1-2H3,(H2,25,26,27). The van der Waals surface area contributed by atoms with E-state index >= 15 is 0 Å². The summed E-state index contributed by atoms with van der Waals surface area (Å²) < 4.78 is 10.5. The number of benzene rings is 1. The molecule has 1 amide bonds. The number of ether oxygens (including phenoxy) is 2. The molecule has 1 aliphatic carbocycles. The first-order valence-electron chi connectivity index (χ1n) is 11.4. The Bertz CT molecular complexity index is 928. The molecule has 2 aromatic rings. The highest BCUT2D eigenvalue weighted by atomic mass is 16.5. The van der Waals surface area contributed by atoms with Gasteiger partial charge in [0.15, 0.2) is 0 Å². The van der Waals surface area contributed by atoms with Crippen LogP contribution >= 0.6 is 0 Å². The Morgan fingerprint density at radius 3 is 2.53 bits per heavy atom. The number of carbonyl (C=O) groups is 1. The molecule has 172 valence electrons. The van der Waals surface area contributed by atoms with E-state index in [0.29, 0.717) is 43.0 Å². The maximum absolute atomic E-state index is 12.7. The number of methoxy groups -OCH3 is 1. The van der Waals surface area contributed by atoms with Crippen LogP contribution in [-0.4, -0.2) is 54.2 Å². The number of nitrogen functional groups attached to an aromatic ring is 1. The van der Waals surface area contributed by atoms with Crippen molar-refractivity contribution in [3.63, 3.8) is 0 Å². The van der Waals surface area contributed by atoms with Crippen molar-refractivity contribution < 1.29 is 14.3 Å². The van der Waals surface area contributed by atoms with E-state index in [4.69, 9.17) is 15.2 Å². The average molecular weight is 440 g/mol. The molecule has 2 heterocycles. The summed E-state index contributed by atoms with van der Waals surface area (Å²) in [5, 5.41) is 0. The number of amides is 1. The lowest BCUT2D eigenvalue weighted by atomic mass is 9.94. The maximum Gasteiger partial charge on any atom is 0.320 e. The second kappa shape index (κ2) is 10.3. The van der Waals surface area contributed by atoms with Crippen molar-refractivity contribution in [1.82, 2.24) is 14.9 Å². The normalized spacial score (nSPS) is 16.6. The summed E-state index contributed by atoms with van der Waals surface area (Å²) in [6.45, 7) is 2.13. The van der Waals surface area contributed by atoms with Crippen LogP contribution in [0.5, 0.6) is 6.01 Å². The van der Waals surface area contributed by atoms with Gasteiger partial charge < -0.3 is 15.2 Å². The van der Waals surface area contributed by atoms with Crippen molar-refractivity contribution in [3.05, 3.63) is 41.0 Å². The van der Waals surface area contributed by atoms with Crippen LogP contribution in [0.2, 0.25) is 0 Å². The van der Waals surface area contributed by atoms with Crippen LogP contribution in [0.1, 0.15) is 48.8 Å². The van der Waals surface area contributed by atoms with Crippen LogP contribution < -0.4 is 15.4 Å². The van der Waals surface area contributed by atoms with Gasteiger partial charge in [-0.2, -0.15) is 9.97 Å². The smallest absolute Gasteiger partial charge is 0.320 e. The molecule has 0 saturated heterocycles. The topological polar surface area (TPSA) is 93.8 Å². The molecule has 2 N–H and O–H groups in total. The summed E-state index contributed by atoms with van der Waals surface area (Å²) in [5.41, 5.74) is 9.08. The minimum Gasteiger partial charge on any atom is -0.461 e. The molecule has 32 heavy (non-hydrogen) atoms. The van der Waals surface area contributed by atoms with Crippen LogP contribution in [-0.2, 0) is 29.0 Å². The van der Waals surface area contributed by atoms with Crippen molar-refractivity contribution in [1.29, 1.82) is 0 Å². The number of carbonyl (C=O) groups excluding carboxylic acids is 1. The van der Waals surface area contributed by atoms with Crippen molar-refractivity contribution >= 4 is 17.5 Å². The number of hydrogen-bond donors (Lipinski definition) is 1. The van der Waals surface area contributed by atoms with E-state index in [0.717, 1.165) is 12.1 Å². The van der Waals surface area contributed by atoms with E-state index in [1.165, 1.54) is 37.7 Å². The summed E-state index contributed by atoms with van der Waals surface area (Å²) in [6.07, 6.45) is 6.86. The Labute approximate surface area is 189 Å². The summed E-state index contributed by atoms with van der Waals surface area (Å²) >= 11 is 0. The Morgan fingerprint density at radius 2 is 1.81 bits per heavy atom. The molecule has 4 rings (SSSR count). The fourth-order valence-corrected chi connectivity index (χ4v) is 4.54. The average Bonchev–Trinajstić information content (AvgIpc) is 3.11. The Balaban J connectivity index is 1.42. The minimum absolute atomic E-state index is 0.0313. The number of hydrogen-bond acceptors (Lipinski definition) is 7. The third-order valence-electron chi connectivity index (χ3n) is 6.39. The molecule has 8 heteroatoms. The molecule has 0 atom stereocenters. The lowest BCUT2D eigenvalue weighted by molar-refractivity contribution is -0.117. The number of nitrogens with zero attached hydrogens (tertiary/aromatic N) is 4. The second-order valence-electron chi connectivity index (χ2n) is 8.71. The molecule has 1 aromatic heterocycles. The summed E-state index contributed by atoms with van der Waals surface area (Å²) in [5.74, 6) is 0.798. The number of nitrogens with two attached hydrogens (primary N) is 1. The summed E-state index contributed by atoms with van der Waals surface area (Å²) in [4.78, 5) is 25.4. The third-order valence-corrected chi connectivity index (χ3v) is 6.39. The maximum atomic E-state index is 12.7. The predicted molar refractivity (Wildman–Crippen MR) is 123 cm³/mol. The lowest BCUT2D eigenvalue weighted by Crippen LogP contribution is -2.32. The van der Waals surface area contributed by atoms with E-state index in [9.17, 15) is 4.79 Å². The summed E-state index contributed by atoms with van der Waals surface area (Å²) in [7, 11) is 3.82. The fourth-order valence-electron chi connectivity index (χ4n) is 4.54. The molecular weight excluding hydrogens is 406 g/mol. The van der Waals surface area contributed by atoms with Crippen LogP contribution in [0.25, 0.3) is 0 Å². The Morgan fingerprint density at radius 1 is 1.09 bits per heavy atom. The van der Waals surface area contributed by atoms with Crippen LogP contribution in [0.3, 0.4) is 0 Å². The van der Waals surface area contributed by atoms with Crippen molar-refractivity contribution in [2.75, 3.05) is 38.0 Å². The fraction of sp³-hybridized carbons (Fsp3) is 0.542. The zero-order valence-corrected chi connectivity index (χ0v) is 19.0. The summed E-state index contributed by atoms with van der Waals surface area (Å²) in [6, 6.07) is 9.35. The largest absolute Gasteiger partial charge is 0.461 e. The molecule has 1 fully saturated rings. The Hall–Kier alpha value is -2.71. The van der Waals surface area contributed by atoms with Gasteiger partial charge in [0.1, 0.15) is 18.2 Å². The SMILES string of the molecule is COCCOc1nc(N)c2c(n1)N(Cc1ccc(CN(C)C3CCCCC3)cc1)C(=O)C2. The molecule has 0 bridgehead atoms. The van der Waals surface area contributed by atoms with E-state index in [-0.39, 0.29) is 18.3 Å². The molecule has 1 aliphatic heterocycles. The third kappa shape index (κ3) is 5.19. The second-order valence-corrected chi connectivity index (χ2v) is 8.71. The van der Waals surface area contributed by atoms with Crippen LogP contribution in [0.15, 0.2) is 24.3 Å². The molecular formula is C24H33N5O3. The zero-order valence-electron chi connectivity index (χ0n) is 19.0. The first kappa shape index (κ1) is 22.5. The van der Waals surface area contributed by atoms with Crippen molar-refractivity contribution in [3.8, 4) is 6.01 Å². The molecule has 2 aliphatic rings. The monoisotopic (exact) mass is 439 g/mol. The number of aromatic nitrogens is 2. The van der Waals surface area contributed by atoms with Gasteiger partial charge in [-0.1, -0.05) is 43.5 Å². The highest BCUT2D eigenvalue weighted by Crippen LogP contribution is 2.33. The van der Waals surface area contributed by atoms with Crippen molar-refractivity contribution in [2.24, 2.45) is 0 Å². The van der Waals surface area contributed by atoms with Gasteiger partial charge in [0.2, 0.25) is 5.91 Å². The van der Waals surface area contributed by atoms with Gasteiger partial charge in [-0.15, -0.1) is 0 Å². The molecule has 1 aromatic carbocycles. The van der Waals surface area contributed by atoms with Gasteiger partial charge in [-0.25, -0.2) is 0 Å². The molecule has 1 saturated carbocycles. The van der Waals surface area contributed by atoms with E-state index in [2.05, 4.69) is 46.2 Å². The molecule has 0 unspecified atom stereocenters. The van der Waals surface area contributed by atoms with E-state index < -0.39 is 0 Å². The highest BCUT2D eigenvalue weighted by Gasteiger charge is 2.32. The minimum atomic E-state index is -0.0313. The molecule has 0 radical (unpaired) electrons. The lowest BCUT2D eigenvalue weighted by Gasteiger charge is -2.31. The Kier molecular flexibility index (Phi) is 7.22. The van der Waals surface area contributed by atoms with Gasteiger partial charge in [-0.05, 0) is 31.0 Å². The quantitative estimate of drug-likeness (QED) is 0.600.